The normalized spacial score (nSPS) is 11.4. The van der Waals surface area contributed by atoms with Crippen molar-refractivity contribution in [2.24, 2.45) is 0 Å². The predicted octanol–water partition coefficient (Wildman–Crippen LogP) is 5.84. The lowest BCUT2D eigenvalue weighted by atomic mass is 10.1. The zero-order valence-electron chi connectivity index (χ0n) is 15.0. The van der Waals surface area contributed by atoms with E-state index in [0.29, 0.717) is 5.82 Å². The third kappa shape index (κ3) is 4.28. The van der Waals surface area contributed by atoms with Gasteiger partial charge in [0.05, 0.1) is 10.6 Å². The minimum atomic E-state index is -4.57. The molecular formula is C19H17ClF3N5. The average molecular weight is 408 g/mol. The number of hydrogen-bond donors (Lipinski definition) is 3. The van der Waals surface area contributed by atoms with Gasteiger partial charge < -0.3 is 16.4 Å². The summed E-state index contributed by atoms with van der Waals surface area (Å²) in [5.41, 5.74) is 8.42. The van der Waals surface area contributed by atoms with Crippen LogP contribution in [0.4, 0.5) is 41.9 Å². The van der Waals surface area contributed by atoms with Crippen LogP contribution in [0.1, 0.15) is 16.7 Å². The Morgan fingerprint density at radius 3 is 2.29 bits per heavy atom. The SMILES string of the molecule is Cc1ccc(Nc2ncnc(Nc3ccc(Cl)c(C(F)(F)F)c3)c2N)c(C)c1. The molecule has 0 bridgehead atoms. The maximum Gasteiger partial charge on any atom is 0.417 e. The van der Waals surface area contributed by atoms with Gasteiger partial charge in [0.2, 0.25) is 0 Å². The molecule has 0 radical (unpaired) electrons. The van der Waals surface area contributed by atoms with E-state index in [4.69, 9.17) is 17.3 Å². The number of nitrogens with one attached hydrogen (secondary N) is 2. The van der Waals surface area contributed by atoms with E-state index in [1.165, 1.54) is 18.5 Å². The van der Waals surface area contributed by atoms with Crippen molar-refractivity contribution in [2.45, 2.75) is 20.0 Å². The number of nitrogens with two attached hydrogens (primary N) is 1. The molecule has 28 heavy (non-hydrogen) atoms. The van der Waals surface area contributed by atoms with Crippen molar-refractivity contribution in [3.05, 3.63) is 64.4 Å². The highest BCUT2D eigenvalue weighted by atomic mass is 35.5. The summed E-state index contributed by atoms with van der Waals surface area (Å²) in [7, 11) is 0. The Kier molecular flexibility index (Phi) is 5.33. The fourth-order valence-corrected chi connectivity index (χ4v) is 2.86. The van der Waals surface area contributed by atoms with Gasteiger partial charge in [-0.3, -0.25) is 0 Å². The second-order valence-electron chi connectivity index (χ2n) is 6.25. The average Bonchev–Trinajstić information content (AvgIpc) is 2.61. The van der Waals surface area contributed by atoms with Crippen LogP contribution < -0.4 is 16.4 Å². The Balaban J connectivity index is 1.90. The summed E-state index contributed by atoms with van der Waals surface area (Å²) in [6.45, 7) is 3.93. The lowest BCUT2D eigenvalue weighted by Gasteiger charge is -2.15. The van der Waals surface area contributed by atoms with E-state index in [9.17, 15) is 13.2 Å². The maximum absolute atomic E-state index is 13.0. The standard InChI is InChI=1S/C19H17ClF3N5/c1-10-3-6-15(11(2)7-10)28-18-16(24)17(25-9-26-18)27-12-4-5-14(20)13(8-12)19(21,22)23/h3-9H,24H2,1-2H3,(H2,25,26,27,28). The number of nitrogen functional groups attached to an aromatic ring is 1. The molecule has 146 valence electrons. The van der Waals surface area contributed by atoms with E-state index in [2.05, 4.69) is 20.6 Å². The summed E-state index contributed by atoms with van der Waals surface area (Å²) in [5, 5.41) is 5.53. The first-order chi connectivity index (χ1) is 13.1. The van der Waals surface area contributed by atoms with Gasteiger partial charge in [-0.25, -0.2) is 9.97 Å². The van der Waals surface area contributed by atoms with Crippen LogP contribution in [0, 0.1) is 13.8 Å². The number of anilines is 5. The van der Waals surface area contributed by atoms with Crippen LogP contribution in [0.25, 0.3) is 0 Å². The third-order valence-electron chi connectivity index (χ3n) is 4.05. The molecule has 0 saturated heterocycles. The molecule has 0 atom stereocenters. The van der Waals surface area contributed by atoms with Crippen LogP contribution in [0.5, 0.6) is 0 Å². The fourth-order valence-electron chi connectivity index (χ4n) is 2.63. The van der Waals surface area contributed by atoms with E-state index in [-0.39, 0.29) is 22.2 Å². The minimum absolute atomic E-state index is 0.152. The second kappa shape index (κ2) is 7.55. The zero-order chi connectivity index (χ0) is 20.5. The monoisotopic (exact) mass is 407 g/mol. The first-order valence-electron chi connectivity index (χ1n) is 8.23. The Hall–Kier alpha value is -3.00. The number of benzene rings is 2. The molecule has 0 spiro atoms. The van der Waals surface area contributed by atoms with Crippen molar-refractivity contribution >= 4 is 40.3 Å². The van der Waals surface area contributed by atoms with Gasteiger partial charge in [0.25, 0.3) is 0 Å². The summed E-state index contributed by atoms with van der Waals surface area (Å²) < 4.78 is 39.1. The molecular weight excluding hydrogens is 391 g/mol. The number of alkyl halides is 3. The van der Waals surface area contributed by atoms with Gasteiger partial charge in [0.1, 0.15) is 12.0 Å². The van der Waals surface area contributed by atoms with Crippen LogP contribution in [0.3, 0.4) is 0 Å². The lowest BCUT2D eigenvalue weighted by Crippen LogP contribution is -2.08. The van der Waals surface area contributed by atoms with E-state index < -0.39 is 11.7 Å². The molecule has 2 aromatic carbocycles. The third-order valence-corrected chi connectivity index (χ3v) is 4.38. The van der Waals surface area contributed by atoms with Crippen molar-refractivity contribution in [3.8, 4) is 0 Å². The van der Waals surface area contributed by atoms with Gasteiger partial charge >= 0.3 is 6.18 Å². The second-order valence-corrected chi connectivity index (χ2v) is 6.65. The molecule has 4 N–H and O–H groups in total. The van der Waals surface area contributed by atoms with E-state index in [0.717, 1.165) is 22.9 Å². The quantitative estimate of drug-likeness (QED) is 0.507. The number of halogens is 4. The van der Waals surface area contributed by atoms with Crippen molar-refractivity contribution in [1.29, 1.82) is 0 Å². The first kappa shape index (κ1) is 19.8. The number of nitrogens with zero attached hydrogens (tertiary/aromatic N) is 2. The number of aryl methyl sites for hydroxylation is 2. The molecule has 0 aliphatic heterocycles. The van der Waals surface area contributed by atoms with E-state index in [1.807, 2.05) is 32.0 Å². The van der Waals surface area contributed by atoms with Crippen LogP contribution in [-0.4, -0.2) is 9.97 Å². The number of rotatable bonds is 4. The fraction of sp³-hybridized carbons (Fsp3) is 0.158. The van der Waals surface area contributed by atoms with Gasteiger partial charge in [-0.05, 0) is 43.7 Å². The van der Waals surface area contributed by atoms with Crippen LogP contribution >= 0.6 is 11.6 Å². The molecule has 9 heteroatoms. The Bertz CT molecular complexity index is 1020. The first-order valence-corrected chi connectivity index (χ1v) is 8.61. The molecule has 0 aliphatic rings. The Morgan fingerprint density at radius 1 is 0.964 bits per heavy atom. The molecule has 0 aliphatic carbocycles. The summed E-state index contributed by atoms with van der Waals surface area (Å²) in [6, 6.07) is 9.33. The minimum Gasteiger partial charge on any atom is -0.393 e. The molecule has 3 aromatic rings. The van der Waals surface area contributed by atoms with Crippen LogP contribution in [0.15, 0.2) is 42.7 Å². The largest absolute Gasteiger partial charge is 0.417 e. The zero-order valence-corrected chi connectivity index (χ0v) is 15.8. The summed E-state index contributed by atoms with van der Waals surface area (Å²) in [5.74, 6) is 0.521. The molecule has 1 aromatic heterocycles. The maximum atomic E-state index is 13.0. The summed E-state index contributed by atoms with van der Waals surface area (Å²) in [4.78, 5) is 8.15. The molecule has 0 amide bonds. The Morgan fingerprint density at radius 2 is 1.64 bits per heavy atom. The Labute approximate surface area is 164 Å². The molecule has 0 unspecified atom stereocenters. The molecule has 0 fully saturated rings. The smallest absolute Gasteiger partial charge is 0.393 e. The highest BCUT2D eigenvalue weighted by Gasteiger charge is 2.33. The topological polar surface area (TPSA) is 75.9 Å². The summed E-state index contributed by atoms with van der Waals surface area (Å²) >= 11 is 5.65. The molecule has 0 saturated carbocycles. The highest BCUT2D eigenvalue weighted by Crippen LogP contribution is 2.37. The van der Waals surface area contributed by atoms with E-state index in [1.54, 1.807) is 0 Å². The molecule has 3 rings (SSSR count). The molecule has 1 heterocycles. The van der Waals surface area contributed by atoms with Gasteiger partial charge in [-0.2, -0.15) is 13.2 Å². The van der Waals surface area contributed by atoms with Crippen molar-refractivity contribution in [1.82, 2.24) is 9.97 Å². The van der Waals surface area contributed by atoms with Crippen molar-refractivity contribution < 1.29 is 13.2 Å². The van der Waals surface area contributed by atoms with Crippen molar-refractivity contribution in [3.63, 3.8) is 0 Å². The highest BCUT2D eigenvalue weighted by molar-refractivity contribution is 6.31. The number of aromatic nitrogens is 2. The van der Waals surface area contributed by atoms with E-state index >= 15 is 0 Å². The van der Waals surface area contributed by atoms with Crippen LogP contribution in [-0.2, 0) is 6.18 Å². The van der Waals surface area contributed by atoms with Gasteiger partial charge in [0, 0.05) is 11.4 Å². The van der Waals surface area contributed by atoms with Crippen LogP contribution in [0.2, 0.25) is 5.02 Å². The van der Waals surface area contributed by atoms with Gasteiger partial charge in [-0.15, -0.1) is 0 Å². The van der Waals surface area contributed by atoms with Crippen molar-refractivity contribution in [2.75, 3.05) is 16.4 Å². The van der Waals surface area contributed by atoms with Gasteiger partial charge in [0.15, 0.2) is 11.6 Å². The summed E-state index contributed by atoms with van der Waals surface area (Å²) in [6.07, 6.45) is -3.30. The lowest BCUT2D eigenvalue weighted by molar-refractivity contribution is -0.137. The van der Waals surface area contributed by atoms with Gasteiger partial charge in [-0.1, -0.05) is 29.3 Å². The number of hydrogen-bond acceptors (Lipinski definition) is 5. The predicted molar refractivity (Wildman–Crippen MR) is 105 cm³/mol. The molecule has 5 nitrogen and oxygen atoms in total.